The van der Waals surface area contributed by atoms with Gasteiger partial charge in [0.15, 0.2) is 0 Å². The monoisotopic (exact) mass is 366 g/mol. The van der Waals surface area contributed by atoms with Crippen LogP contribution < -0.4 is 5.32 Å². The van der Waals surface area contributed by atoms with Crippen molar-refractivity contribution in [1.82, 2.24) is 4.98 Å². The van der Waals surface area contributed by atoms with E-state index in [4.69, 9.17) is 16.0 Å². The van der Waals surface area contributed by atoms with Crippen molar-refractivity contribution in [2.24, 2.45) is 0 Å². The molecule has 0 amide bonds. The summed E-state index contributed by atoms with van der Waals surface area (Å²) in [6, 6.07) is 6.86. The molecule has 0 fully saturated rings. The summed E-state index contributed by atoms with van der Waals surface area (Å²) in [4.78, 5) is 15.3. The van der Waals surface area contributed by atoms with E-state index in [1.165, 1.54) is 6.20 Å². The lowest BCUT2D eigenvalue weighted by Gasteiger charge is -2.08. The molecule has 0 radical (unpaired) electrons. The smallest absolute Gasteiger partial charge is 0.374 e. The van der Waals surface area contributed by atoms with Crippen LogP contribution in [0.4, 0.5) is 11.4 Å². The summed E-state index contributed by atoms with van der Waals surface area (Å²) in [6.45, 7) is 0. The second-order valence-electron chi connectivity index (χ2n) is 4.23. The van der Waals surface area contributed by atoms with E-state index in [1.807, 2.05) is 0 Å². The van der Waals surface area contributed by atoms with Gasteiger partial charge in [0.1, 0.15) is 11.3 Å². The Labute approximate surface area is 132 Å². The molecule has 3 aromatic rings. The maximum absolute atomic E-state index is 11.3. The summed E-state index contributed by atoms with van der Waals surface area (Å²) in [5.74, 6) is -1.35. The zero-order chi connectivity index (χ0) is 15.0. The number of hydrogen-bond acceptors (Lipinski definition) is 4. The topological polar surface area (TPSA) is 75.4 Å². The van der Waals surface area contributed by atoms with Crippen molar-refractivity contribution in [3.63, 3.8) is 0 Å². The molecule has 0 spiro atoms. The van der Waals surface area contributed by atoms with E-state index < -0.39 is 5.97 Å². The third-order valence-corrected chi connectivity index (χ3v) is 3.68. The van der Waals surface area contributed by atoms with Gasteiger partial charge < -0.3 is 14.8 Å². The second-order valence-corrected chi connectivity index (χ2v) is 5.56. The number of benzene rings is 1. The van der Waals surface area contributed by atoms with Gasteiger partial charge in [0.25, 0.3) is 0 Å². The molecule has 0 aliphatic rings. The van der Waals surface area contributed by atoms with Crippen molar-refractivity contribution in [1.29, 1.82) is 0 Å². The Balaban J connectivity index is 2.14. The SMILES string of the molecule is O=C(O)c1oc2ccncc2c1Nc1ccc(Br)cc1Cl. The highest BCUT2D eigenvalue weighted by Gasteiger charge is 2.20. The lowest BCUT2D eigenvalue weighted by atomic mass is 10.2. The molecule has 0 saturated heterocycles. The third-order valence-electron chi connectivity index (χ3n) is 2.87. The molecule has 0 aliphatic heterocycles. The number of fused-ring (bicyclic) bond motifs is 1. The molecule has 0 atom stereocenters. The van der Waals surface area contributed by atoms with Gasteiger partial charge in [-0.1, -0.05) is 27.5 Å². The van der Waals surface area contributed by atoms with Gasteiger partial charge in [-0.25, -0.2) is 4.79 Å². The molecule has 0 aliphatic carbocycles. The Kier molecular flexibility index (Phi) is 3.57. The quantitative estimate of drug-likeness (QED) is 0.702. The largest absolute Gasteiger partial charge is 0.475 e. The van der Waals surface area contributed by atoms with Crippen LogP contribution in [0.1, 0.15) is 10.6 Å². The first-order valence-corrected chi connectivity index (χ1v) is 7.05. The van der Waals surface area contributed by atoms with Gasteiger partial charge in [0.2, 0.25) is 5.76 Å². The van der Waals surface area contributed by atoms with Crippen molar-refractivity contribution >= 4 is 55.8 Å². The van der Waals surface area contributed by atoms with Gasteiger partial charge in [-0.15, -0.1) is 0 Å². The van der Waals surface area contributed by atoms with Crippen LogP contribution >= 0.6 is 27.5 Å². The number of anilines is 2. The fraction of sp³-hybridized carbons (Fsp3) is 0. The fourth-order valence-electron chi connectivity index (χ4n) is 1.94. The highest BCUT2D eigenvalue weighted by molar-refractivity contribution is 9.10. The Hall–Kier alpha value is -2.05. The lowest BCUT2D eigenvalue weighted by molar-refractivity contribution is 0.0666. The van der Waals surface area contributed by atoms with Crippen LogP contribution in [0.15, 0.2) is 45.5 Å². The Bertz CT molecular complexity index is 847. The van der Waals surface area contributed by atoms with Crippen molar-refractivity contribution in [3.8, 4) is 0 Å². The third kappa shape index (κ3) is 2.59. The number of hydrogen-bond donors (Lipinski definition) is 2. The van der Waals surface area contributed by atoms with Gasteiger partial charge in [-0.05, 0) is 24.3 Å². The summed E-state index contributed by atoms with van der Waals surface area (Å²) in [7, 11) is 0. The maximum atomic E-state index is 11.3. The summed E-state index contributed by atoms with van der Waals surface area (Å²) in [5, 5.41) is 13.3. The molecule has 2 aromatic heterocycles. The molecule has 0 bridgehead atoms. The second kappa shape index (κ2) is 5.38. The number of furan rings is 1. The number of rotatable bonds is 3. The minimum absolute atomic E-state index is 0.183. The molecule has 2 heterocycles. The standard InChI is InChI=1S/C14H8BrClN2O3/c15-7-1-2-10(9(16)5-7)18-12-8-6-17-4-3-11(8)21-13(12)14(19)20/h1-6,18H,(H,19,20). The normalized spacial score (nSPS) is 10.8. The maximum Gasteiger partial charge on any atom is 0.374 e. The van der Waals surface area contributed by atoms with Crippen LogP contribution in [0.25, 0.3) is 11.0 Å². The number of nitrogens with one attached hydrogen (secondary N) is 1. The molecule has 21 heavy (non-hydrogen) atoms. The van der Waals surface area contributed by atoms with Crippen LogP contribution in [0, 0.1) is 0 Å². The molecule has 3 rings (SSSR count). The molecule has 106 valence electrons. The lowest BCUT2D eigenvalue weighted by Crippen LogP contribution is -2.00. The molecule has 7 heteroatoms. The molecule has 0 saturated carbocycles. The van der Waals surface area contributed by atoms with E-state index in [0.29, 0.717) is 27.4 Å². The van der Waals surface area contributed by atoms with E-state index in [9.17, 15) is 9.90 Å². The number of pyridine rings is 1. The van der Waals surface area contributed by atoms with E-state index >= 15 is 0 Å². The Morgan fingerprint density at radius 1 is 1.38 bits per heavy atom. The highest BCUT2D eigenvalue weighted by Crippen LogP contribution is 2.35. The van der Waals surface area contributed by atoms with Gasteiger partial charge >= 0.3 is 5.97 Å². The molecular formula is C14H8BrClN2O3. The van der Waals surface area contributed by atoms with Crippen LogP contribution in [-0.4, -0.2) is 16.1 Å². The number of carboxylic acids is 1. The predicted octanol–water partition coefficient (Wildman–Crippen LogP) is 4.69. The van der Waals surface area contributed by atoms with E-state index in [-0.39, 0.29) is 5.76 Å². The first-order chi connectivity index (χ1) is 10.1. The number of carbonyl (C=O) groups is 1. The number of halogens is 2. The summed E-state index contributed by atoms with van der Waals surface area (Å²) in [5.41, 5.74) is 1.35. The molecular weight excluding hydrogens is 360 g/mol. The van der Waals surface area contributed by atoms with Gasteiger partial charge in [-0.2, -0.15) is 0 Å². The zero-order valence-electron chi connectivity index (χ0n) is 10.4. The average molecular weight is 368 g/mol. The number of carboxylic acid groups (broad SMARTS) is 1. The van der Waals surface area contributed by atoms with Gasteiger partial charge in [0.05, 0.1) is 16.1 Å². The Morgan fingerprint density at radius 3 is 2.90 bits per heavy atom. The van der Waals surface area contributed by atoms with Gasteiger partial charge in [-0.3, -0.25) is 4.98 Å². The van der Waals surface area contributed by atoms with Crippen molar-refractivity contribution in [2.75, 3.05) is 5.32 Å². The van der Waals surface area contributed by atoms with E-state index in [0.717, 1.165) is 4.47 Å². The summed E-state index contributed by atoms with van der Waals surface area (Å²) >= 11 is 9.46. The van der Waals surface area contributed by atoms with Gasteiger partial charge in [0, 0.05) is 16.9 Å². The van der Waals surface area contributed by atoms with Crippen LogP contribution in [0.3, 0.4) is 0 Å². The molecule has 0 unspecified atom stereocenters. The fourth-order valence-corrected chi connectivity index (χ4v) is 2.66. The van der Waals surface area contributed by atoms with Crippen LogP contribution in [0.2, 0.25) is 5.02 Å². The zero-order valence-corrected chi connectivity index (χ0v) is 12.8. The molecule has 5 nitrogen and oxygen atoms in total. The minimum atomic E-state index is -1.16. The van der Waals surface area contributed by atoms with Crippen molar-refractivity contribution < 1.29 is 14.3 Å². The first kappa shape index (κ1) is 13.9. The van der Waals surface area contributed by atoms with Crippen molar-refractivity contribution in [2.45, 2.75) is 0 Å². The Morgan fingerprint density at radius 2 is 2.19 bits per heavy atom. The van der Waals surface area contributed by atoms with Crippen molar-refractivity contribution in [3.05, 3.63) is 51.9 Å². The number of nitrogens with zero attached hydrogens (tertiary/aromatic N) is 1. The number of aromatic carboxylic acids is 1. The van der Waals surface area contributed by atoms with E-state index in [2.05, 4.69) is 26.2 Å². The molecule has 2 N–H and O–H groups in total. The van der Waals surface area contributed by atoms with Crippen LogP contribution in [-0.2, 0) is 0 Å². The number of aromatic nitrogens is 1. The highest BCUT2D eigenvalue weighted by atomic mass is 79.9. The first-order valence-electron chi connectivity index (χ1n) is 5.88. The summed E-state index contributed by atoms with van der Waals surface area (Å²) in [6.07, 6.45) is 3.08. The minimum Gasteiger partial charge on any atom is -0.475 e. The predicted molar refractivity (Wildman–Crippen MR) is 83.4 cm³/mol. The van der Waals surface area contributed by atoms with E-state index in [1.54, 1.807) is 30.5 Å². The summed E-state index contributed by atoms with van der Waals surface area (Å²) < 4.78 is 6.17. The molecule has 1 aromatic carbocycles. The van der Waals surface area contributed by atoms with Crippen LogP contribution in [0.5, 0.6) is 0 Å². The average Bonchev–Trinajstić information content (AvgIpc) is 2.81.